The summed E-state index contributed by atoms with van der Waals surface area (Å²) in [6.07, 6.45) is 3.25. The molecule has 0 radical (unpaired) electrons. The van der Waals surface area contributed by atoms with E-state index in [1.54, 1.807) is 23.0 Å². The maximum absolute atomic E-state index is 11.1. The predicted octanol–water partition coefficient (Wildman–Crippen LogP) is 1.15. The quantitative estimate of drug-likeness (QED) is 0.855. The van der Waals surface area contributed by atoms with Crippen molar-refractivity contribution in [2.45, 2.75) is 11.4 Å². The lowest BCUT2D eigenvalue weighted by molar-refractivity contribution is 0.406. The Morgan fingerprint density at radius 2 is 1.85 bits per heavy atom. The van der Waals surface area contributed by atoms with Crippen molar-refractivity contribution in [3.8, 4) is 5.75 Å². The summed E-state index contributed by atoms with van der Waals surface area (Å²) in [4.78, 5) is 10.8. The molecule has 0 atom stereocenters. The zero-order chi connectivity index (χ0) is 14.8. The molecule has 6 nitrogen and oxygen atoms in total. The van der Waals surface area contributed by atoms with Gasteiger partial charge in [0.25, 0.3) is 10.1 Å². The van der Waals surface area contributed by atoms with Crippen LogP contribution in [0.4, 0.5) is 0 Å². The lowest BCUT2D eigenvalue weighted by Crippen LogP contribution is -2.06. The van der Waals surface area contributed by atoms with Crippen molar-refractivity contribution >= 4 is 10.1 Å². The molecule has 1 N–H and O–H groups in total. The summed E-state index contributed by atoms with van der Waals surface area (Å²) >= 11 is 0. The second-order valence-corrected chi connectivity index (χ2v) is 5.58. The number of methoxy groups -OCH3 is 1. The first kappa shape index (κ1) is 14.3. The number of ether oxygens (including phenoxy) is 1. The van der Waals surface area contributed by atoms with Crippen LogP contribution >= 0.6 is 0 Å². The molecule has 1 aromatic carbocycles. The molecular weight excluding hydrogens is 282 g/mol. The van der Waals surface area contributed by atoms with E-state index in [4.69, 9.17) is 9.29 Å². The minimum atomic E-state index is -4.26. The first-order valence-electron chi connectivity index (χ1n) is 5.70. The van der Waals surface area contributed by atoms with Gasteiger partial charge in [-0.15, -0.1) is 0 Å². The van der Waals surface area contributed by atoms with Gasteiger partial charge in [0.2, 0.25) is 0 Å². The second-order valence-electron chi connectivity index (χ2n) is 4.15. The summed E-state index contributed by atoms with van der Waals surface area (Å²) in [5.74, 6) is 0.346. The first-order chi connectivity index (χ1) is 9.40. The van der Waals surface area contributed by atoms with E-state index in [2.05, 4.69) is 0 Å². The lowest BCUT2D eigenvalue weighted by Gasteiger charge is -2.11. The van der Waals surface area contributed by atoms with E-state index in [0.29, 0.717) is 12.3 Å². The van der Waals surface area contributed by atoms with Gasteiger partial charge in [-0.25, -0.2) is 0 Å². The van der Waals surface area contributed by atoms with Gasteiger partial charge in [-0.3, -0.25) is 9.35 Å². The van der Waals surface area contributed by atoms with Crippen molar-refractivity contribution in [2.24, 2.45) is 0 Å². The molecule has 0 saturated heterocycles. The van der Waals surface area contributed by atoms with Gasteiger partial charge in [0.15, 0.2) is 5.43 Å². The Morgan fingerprint density at radius 1 is 1.20 bits per heavy atom. The molecule has 0 aliphatic rings. The van der Waals surface area contributed by atoms with E-state index in [-0.39, 0.29) is 10.3 Å². The second kappa shape index (κ2) is 5.48. The third kappa shape index (κ3) is 3.25. The van der Waals surface area contributed by atoms with Crippen molar-refractivity contribution in [1.82, 2.24) is 4.57 Å². The number of rotatable bonds is 4. The third-order valence-corrected chi connectivity index (χ3v) is 3.62. The number of hydrogen-bond acceptors (Lipinski definition) is 4. The molecule has 0 aliphatic heterocycles. The molecule has 1 heterocycles. The summed E-state index contributed by atoms with van der Waals surface area (Å²) < 4.78 is 38.0. The van der Waals surface area contributed by atoms with E-state index < -0.39 is 10.1 Å². The molecule has 2 rings (SSSR count). The standard InChI is InChI=1S/C13H13NO5S/c1-19-13-8-12(20(16,17)18)3-2-10(13)9-14-6-4-11(15)5-7-14/h2-8H,9H2,1H3,(H,16,17,18). The maximum atomic E-state index is 11.1. The van der Waals surface area contributed by atoms with Gasteiger partial charge in [0.1, 0.15) is 5.75 Å². The van der Waals surface area contributed by atoms with Crippen molar-refractivity contribution in [3.63, 3.8) is 0 Å². The number of hydrogen-bond donors (Lipinski definition) is 1. The zero-order valence-corrected chi connectivity index (χ0v) is 11.5. The van der Waals surface area contributed by atoms with Crippen molar-refractivity contribution in [1.29, 1.82) is 0 Å². The van der Waals surface area contributed by atoms with E-state index in [9.17, 15) is 13.2 Å². The van der Waals surface area contributed by atoms with Crippen LogP contribution < -0.4 is 10.2 Å². The summed E-state index contributed by atoms with van der Waals surface area (Å²) in [6, 6.07) is 6.97. The van der Waals surface area contributed by atoms with Crippen LogP contribution in [0.25, 0.3) is 0 Å². The van der Waals surface area contributed by atoms with Crippen molar-refractivity contribution in [2.75, 3.05) is 7.11 Å². The maximum Gasteiger partial charge on any atom is 0.294 e. The van der Waals surface area contributed by atoms with Crippen LogP contribution in [-0.4, -0.2) is 24.6 Å². The SMILES string of the molecule is COc1cc(S(=O)(=O)O)ccc1Cn1ccc(=O)cc1. The molecule has 0 unspecified atom stereocenters. The third-order valence-electron chi connectivity index (χ3n) is 2.77. The summed E-state index contributed by atoms with van der Waals surface area (Å²) in [5.41, 5.74) is 0.637. The van der Waals surface area contributed by atoms with Crippen LogP contribution in [0.15, 0.2) is 52.4 Å². The lowest BCUT2D eigenvalue weighted by atomic mass is 10.2. The van der Waals surface area contributed by atoms with Gasteiger partial charge in [-0.1, -0.05) is 6.07 Å². The topological polar surface area (TPSA) is 85.6 Å². The van der Waals surface area contributed by atoms with Crippen LogP contribution in [-0.2, 0) is 16.7 Å². The molecule has 0 bridgehead atoms. The number of benzene rings is 1. The van der Waals surface area contributed by atoms with E-state index in [1.807, 2.05) is 0 Å². The fraction of sp³-hybridized carbons (Fsp3) is 0.154. The summed E-state index contributed by atoms with van der Waals surface area (Å²) in [6.45, 7) is 0.412. The Labute approximate surface area is 116 Å². The Morgan fingerprint density at radius 3 is 2.40 bits per heavy atom. The highest BCUT2D eigenvalue weighted by atomic mass is 32.2. The number of nitrogens with zero attached hydrogens (tertiary/aromatic N) is 1. The fourth-order valence-corrected chi connectivity index (χ4v) is 2.26. The molecule has 0 amide bonds. The Balaban J connectivity index is 2.37. The highest BCUT2D eigenvalue weighted by Crippen LogP contribution is 2.23. The van der Waals surface area contributed by atoms with E-state index in [0.717, 1.165) is 5.56 Å². The summed E-state index contributed by atoms with van der Waals surface area (Å²) in [7, 11) is -2.84. The van der Waals surface area contributed by atoms with E-state index in [1.165, 1.54) is 31.4 Å². The molecule has 20 heavy (non-hydrogen) atoms. The van der Waals surface area contributed by atoms with Gasteiger partial charge < -0.3 is 9.30 Å². The number of pyridine rings is 1. The average molecular weight is 295 g/mol. The molecule has 7 heteroatoms. The zero-order valence-electron chi connectivity index (χ0n) is 10.7. The van der Waals surface area contributed by atoms with E-state index >= 15 is 0 Å². The minimum Gasteiger partial charge on any atom is -0.496 e. The van der Waals surface area contributed by atoms with Gasteiger partial charge in [0.05, 0.1) is 18.6 Å². The van der Waals surface area contributed by atoms with Gasteiger partial charge in [0, 0.05) is 36.2 Å². The molecule has 106 valence electrons. The number of aromatic nitrogens is 1. The van der Waals surface area contributed by atoms with Crippen LogP contribution in [0, 0.1) is 0 Å². The van der Waals surface area contributed by atoms with Crippen LogP contribution in [0.2, 0.25) is 0 Å². The average Bonchev–Trinajstić information content (AvgIpc) is 2.40. The molecule has 0 spiro atoms. The molecule has 0 fully saturated rings. The normalized spacial score (nSPS) is 11.3. The molecule has 0 saturated carbocycles. The monoisotopic (exact) mass is 295 g/mol. The molecule has 0 aliphatic carbocycles. The van der Waals surface area contributed by atoms with Gasteiger partial charge in [-0.2, -0.15) is 8.42 Å². The highest BCUT2D eigenvalue weighted by molar-refractivity contribution is 7.85. The van der Waals surface area contributed by atoms with Crippen LogP contribution in [0.3, 0.4) is 0 Å². The predicted molar refractivity (Wildman–Crippen MR) is 72.6 cm³/mol. The van der Waals surface area contributed by atoms with Gasteiger partial charge in [-0.05, 0) is 6.07 Å². The van der Waals surface area contributed by atoms with Crippen molar-refractivity contribution in [3.05, 3.63) is 58.5 Å². The fourth-order valence-electron chi connectivity index (χ4n) is 1.76. The summed E-state index contributed by atoms with van der Waals surface area (Å²) in [5, 5.41) is 0. The molecule has 2 aromatic rings. The Bertz CT molecular complexity index is 759. The smallest absolute Gasteiger partial charge is 0.294 e. The van der Waals surface area contributed by atoms with Gasteiger partial charge >= 0.3 is 0 Å². The first-order valence-corrected chi connectivity index (χ1v) is 7.14. The van der Waals surface area contributed by atoms with Crippen LogP contribution in [0.5, 0.6) is 5.75 Å². The Hall–Kier alpha value is -2.12. The molecular formula is C13H13NO5S. The molecule has 1 aromatic heterocycles. The van der Waals surface area contributed by atoms with Crippen molar-refractivity contribution < 1.29 is 17.7 Å². The minimum absolute atomic E-state index is 0.0880. The highest BCUT2D eigenvalue weighted by Gasteiger charge is 2.13. The Kier molecular flexibility index (Phi) is 3.91. The van der Waals surface area contributed by atoms with Crippen LogP contribution in [0.1, 0.15) is 5.56 Å². The largest absolute Gasteiger partial charge is 0.496 e.